The van der Waals surface area contributed by atoms with Gasteiger partial charge in [0.1, 0.15) is 0 Å². The summed E-state index contributed by atoms with van der Waals surface area (Å²) in [5, 5.41) is 0. The number of sulfonamides is 1. The van der Waals surface area contributed by atoms with Crippen LogP contribution in [0.1, 0.15) is 0 Å². The first-order chi connectivity index (χ1) is 9.68. The van der Waals surface area contributed by atoms with Crippen LogP contribution in [0.5, 0.6) is 0 Å². The molecule has 0 unspecified atom stereocenters. The molecule has 0 saturated heterocycles. The van der Waals surface area contributed by atoms with Crippen molar-refractivity contribution in [2.24, 2.45) is 0 Å². The minimum absolute atomic E-state index is 0. The van der Waals surface area contributed by atoms with Crippen LogP contribution in [0, 0.1) is 0 Å². The Bertz CT molecular complexity index is 847. The molecule has 0 aliphatic heterocycles. The average Bonchev–Trinajstić information content (AvgIpc) is 2.38. The minimum Gasteiger partial charge on any atom is -0.399 e. The molecule has 0 amide bonds. The quantitative estimate of drug-likeness (QED) is 0.343. The first-order valence-corrected chi connectivity index (χ1v) is 8.57. The zero-order valence-corrected chi connectivity index (χ0v) is 15.2. The van der Waals surface area contributed by atoms with Crippen LogP contribution >= 0.6 is 0 Å². The zero-order valence-electron chi connectivity index (χ0n) is 11.6. The molecule has 0 aromatic heterocycles. The summed E-state index contributed by atoms with van der Waals surface area (Å²) in [6.45, 7) is 0. The van der Waals surface area contributed by atoms with Crippen LogP contribution < -0.4 is 40.0 Å². The van der Waals surface area contributed by atoms with Crippen molar-refractivity contribution < 1.29 is 50.9 Å². The molecule has 2 rings (SSSR count). The van der Waals surface area contributed by atoms with E-state index in [-0.39, 0.29) is 45.0 Å². The van der Waals surface area contributed by atoms with E-state index in [1.54, 1.807) is 0 Å². The molecule has 0 fully saturated rings. The SMILES string of the molecule is Nc1ccc(S(=O)(=O)Nc2ccc(S(=O)(=O)O)cc2)cc1.[Na+]. The topological polar surface area (TPSA) is 127 Å². The third-order valence-corrected chi connectivity index (χ3v) is 4.86. The summed E-state index contributed by atoms with van der Waals surface area (Å²) in [6, 6.07) is 10.3. The zero-order chi connectivity index (χ0) is 15.7. The van der Waals surface area contributed by atoms with Gasteiger partial charge in [0.15, 0.2) is 0 Å². The third-order valence-electron chi connectivity index (χ3n) is 2.59. The molecule has 0 radical (unpaired) electrons. The van der Waals surface area contributed by atoms with Crippen molar-refractivity contribution in [1.29, 1.82) is 0 Å². The van der Waals surface area contributed by atoms with Gasteiger partial charge in [0, 0.05) is 11.4 Å². The first kappa shape index (κ1) is 18.9. The van der Waals surface area contributed by atoms with E-state index in [0.29, 0.717) is 5.69 Å². The Hall–Kier alpha value is -1.10. The molecule has 2 aromatic rings. The number of rotatable bonds is 4. The van der Waals surface area contributed by atoms with Crippen molar-refractivity contribution in [2.75, 3.05) is 10.5 Å². The fraction of sp³-hybridized carbons (Fsp3) is 0. The monoisotopic (exact) mass is 351 g/mol. The number of benzene rings is 2. The standard InChI is InChI=1S/C12H12N2O5S2.Na/c13-9-1-5-11(6-2-9)20(15,16)14-10-3-7-12(8-4-10)21(17,18)19;/h1-8,14H,13H2,(H,17,18,19);/q;+1. The van der Waals surface area contributed by atoms with E-state index in [2.05, 4.69) is 4.72 Å². The number of nitrogen functional groups attached to an aromatic ring is 1. The van der Waals surface area contributed by atoms with Crippen LogP contribution in [-0.2, 0) is 20.1 Å². The molecule has 4 N–H and O–H groups in total. The first-order valence-electron chi connectivity index (χ1n) is 5.64. The Morgan fingerprint density at radius 3 is 1.73 bits per heavy atom. The van der Waals surface area contributed by atoms with Crippen LogP contribution in [0.15, 0.2) is 58.3 Å². The molecule has 0 aliphatic carbocycles. The molecule has 0 atom stereocenters. The fourth-order valence-corrected chi connectivity index (χ4v) is 3.09. The molecular formula is C12H12N2NaO5S2+. The summed E-state index contributed by atoms with van der Waals surface area (Å²) in [7, 11) is -8.11. The van der Waals surface area contributed by atoms with Gasteiger partial charge in [-0.3, -0.25) is 9.27 Å². The van der Waals surface area contributed by atoms with Gasteiger partial charge in [-0.15, -0.1) is 0 Å². The van der Waals surface area contributed by atoms with Crippen molar-refractivity contribution in [1.82, 2.24) is 0 Å². The predicted octanol–water partition coefficient (Wildman–Crippen LogP) is -1.68. The molecule has 0 bridgehead atoms. The van der Waals surface area contributed by atoms with E-state index < -0.39 is 20.1 Å². The maximum absolute atomic E-state index is 12.1. The minimum atomic E-state index is -4.31. The predicted molar refractivity (Wildman–Crippen MR) is 77.9 cm³/mol. The Morgan fingerprint density at radius 2 is 1.27 bits per heavy atom. The van der Waals surface area contributed by atoms with Gasteiger partial charge in [-0.25, -0.2) is 8.42 Å². The molecular weight excluding hydrogens is 339 g/mol. The van der Waals surface area contributed by atoms with Crippen molar-refractivity contribution >= 4 is 31.5 Å². The van der Waals surface area contributed by atoms with Crippen LogP contribution in [-0.4, -0.2) is 21.4 Å². The van der Waals surface area contributed by atoms with Crippen molar-refractivity contribution in [3.63, 3.8) is 0 Å². The number of nitrogens with one attached hydrogen (secondary N) is 1. The molecule has 112 valence electrons. The van der Waals surface area contributed by atoms with Gasteiger partial charge in [-0.1, -0.05) is 0 Å². The molecule has 7 nitrogen and oxygen atoms in total. The van der Waals surface area contributed by atoms with Gasteiger partial charge in [0.05, 0.1) is 9.79 Å². The second-order valence-electron chi connectivity index (χ2n) is 4.17. The van der Waals surface area contributed by atoms with Crippen LogP contribution in [0.4, 0.5) is 11.4 Å². The van der Waals surface area contributed by atoms with Crippen molar-refractivity contribution in [2.45, 2.75) is 9.79 Å². The summed E-state index contributed by atoms with van der Waals surface area (Å²) in [5.41, 5.74) is 6.09. The van der Waals surface area contributed by atoms with Gasteiger partial charge in [0.2, 0.25) is 0 Å². The molecule has 0 heterocycles. The molecule has 10 heteroatoms. The number of hydrogen-bond acceptors (Lipinski definition) is 5. The van der Waals surface area contributed by atoms with E-state index in [4.69, 9.17) is 10.3 Å². The Morgan fingerprint density at radius 1 is 0.818 bits per heavy atom. The smallest absolute Gasteiger partial charge is 0.399 e. The summed E-state index contributed by atoms with van der Waals surface area (Å²) in [4.78, 5) is -0.298. The molecule has 22 heavy (non-hydrogen) atoms. The second-order valence-corrected chi connectivity index (χ2v) is 7.28. The van der Waals surface area contributed by atoms with E-state index in [1.165, 1.54) is 36.4 Å². The summed E-state index contributed by atoms with van der Waals surface area (Å²) >= 11 is 0. The maximum atomic E-state index is 12.1. The Kier molecular flexibility index (Phi) is 6.02. The van der Waals surface area contributed by atoms with Crippen molar-refractivity contribution in [3.05, 3.63) is 48.5 Å². The van der Waals surface area contributed by atoms with Crippen LogP contribution in [0.3, 0.4) is 0 Å². The van der Waals surface area contributed by atoms with Crippen molar-refractivity contribution in [3.8, 4) is 0 Å². The summed E-state index contributed by atoms with van der Waals surface area (Å²) in [5.74, 6) is 0. The largest absolute Gasteiger partial charge is 1.00 e. The second kappa shape index (κ2) is 6.99. The molecule has 0 saturated carbocycles. The Labute approximate surface area is 150 Å². The van der Waals surface area contributed by atoms with E-state index in [9.17, 15) is 16.8 Å². The summed E-state index contributed by atoms with van der Waals surface area (Å²) < 4.78 is 57.1. The number of hydrogen-bond donors (Lipinski definition) is 3. The maximum Gasteiger partial charge on any atom is 1.00 e. The van der Waals surface area contributed by atoms with Gasteiger partial charge in [0.25, 0.3) is 20.1 Å². The normalized spacial score (nSPS) is 11.5. The molecule has 2 aromatic carbocycles. The van der Waals surface area contributed by atoms with Crippen LogP contribution in [0.25, 0.3) is 0 Å². The Balaban J connectivity index is 0.00000242. The van der Waals surface area contributed by atoms with Gasteiger partial charge < -0.3 is 5.73 Å². The molecule has 0 aliphatic rings. The van der Waals surface area contributed by atoms with Gasteiger partial charge in [-0.2, -0.15) is 8.42 Å². The van der Waals surface area contributed by atoms with Gasteiger partial charge >= 0.3 is 29.6 Å². The number of nitrogens with two attached hydrogens (primary N) is 1. The number of anilines is 2. The van der Waals surface area contributed by atoms with E-state index in [1.807, 2.05) is 0 Å². The average molecular weight is 351 g/mol. The van der Waals surface area contributed by atoms with Crippen LogP contribution in [0.2, 0.25) is 0 Å². The molecule has 0 spiro atoms. The summed E-state index contributed by atoms with van der Waals surface area (Å²) in [6.07, 6.45) is 0. The fourth-order valence-electron chi connectivity index (χ4n) is 1.56. The van der Waals surface area contributed by atoms with Gasteiger partial charge in [-0.05, 0) is 48.5 Å². The van der Waals surface area contributed by atoms with E-state index in [0.717, 1.165) is 12.1 Å². The third kappa shape index (κ3) is 4.70. The van der Waals surface area contributed by atoms with E-state index >= 15 is 0 Å².